The molecular weight excluding hydrogens is 333 g/mol. The summed E-state index contributed by atoms with van der Waals surface area (Å²) in [6, 6.07) is 3.84. The van der Waals surface area contributed by atoms with E-state index in [2.05, 4.69) is 4.72 Å². The lowest BCUT2D eigenvalue weighted by atomic mass is 9.82. The van der Waals surface area contributed by atoms with Gasteiger partial charge in [0.1, 0.15) is 22.4 Å². The molecule has 0 bridgehead atoms. The average molecular weight is 357 g/mol. The fraction of sp³-hybridized carbons (Fsp3) is 0.588. The molecule has 0 aromatic heterocycles. The average Bonchev–Trinajstić information content (AvgIpc) is 2.41. The molecule has 134 valence electrons. The van der Waals surface area contributed by atoms with E-state index in [1.165, 1.54) is 18.2 Å². The summed E-state index contributed by atoms with van der Waals surface area (Å²) in [6.07, 6.45) is 0.708. The number of carbonyl (C=O) groups is 1. The minimum absolute atomic E-state index is 0.185. The third-order valence-corrected chi connectivity index (χ3v) is 5.70. The summed E-state index contributed by atoms with van der Waals surface area (Å²) in [7, 11) is 0. The van der Waals surface area contributed by atoms with Crippen LogP contribution in [-0.2, 0) is 16.2 Å². The van der Waals surface area contributed by atoms with E-state index in [4.69, 9.17) is 9.84 Å². The highest BCUT2D eigenvalue weighted by Crippen LogP contribution is 2.35. The molecule has 1 aromatic rings. The van der Waals surface area contributed by atoms with Crippen molar-refractivity contribution in [2.45, 2.75) is 57.4 Å². The molecule has 1 saturated carbocycles. The van der Waals surface area contributed by atoms with Crippen molar-refractivity contribution in [3.8, 4) is 5.75 Å². The molecule has 1 aliphatic rings. The molecule has 0 spiro atoms. The molecule has 1 aliphatic carbocycles. The van der Waals surface area contributed by atoms with Gasteiger partial charge >= 0.3 is 5.97 Å². The van der Waals surface area contributed by atoms with Crippen LogP contribution in [0.4, 0.5) is 4.39 Å². The SMILES string of the molecule is C[C@H](N[S+]([O-])C(C)(C)C)c1cc(F)ccc1OC1CC(C(=O)O)C1. The molecule has 7 heteroatoms. The van der Waals surface area contributed by atoms with E-state index in [0.29, 0.717) is 24.2 Å². The molecule has 0 saturated heterocycles. The number of halogens is 1. The van der Waals surface area contributed by atoms with Gasteiger partial charge in [-0.05, 0) is 58.7 Å². The maximum atomic E-state index is 13.6. The Bertz CT molecular complexity index is 599. The second-order valence-electron chi connectivity index (χ2n) is 7.15. The Kier molecular flexibility index (Phi) is 5.78. The second kappa shape index (κ2) is 7.29. The van der Waals surface area contributed by atoms with Crippen LogP contribution in [0.15, 0.2) is 18.2 Å². The Hall–Kier alpha value is -1.31. The molecule has 5 nitrogen and oxygen atoms in total. The first-order valence-corrected chi connectivity index (χ1v) is 9.10. The number of ether oxygens (including phenoxy) is 1. The zero-order valence-electron chi connectivity index (χ0n) is 14.3. The molecule has 1 unspecified atom stereocenters. The van der Waals surface area contributed by atoms with Gasteiger partial charge in [-0.2, -0.15) is 0 Å². The monoisotopic (exact) mass is 357 g/mol. The Balaban J connectivity index is 2.09. The first-order chi connectivity index (χ1) is 11.1. The van der Waals surface area contributed by atoms with E-state index >= 15 is 0 Å². The summed E-state index contributed by atoms with van der Waals surface area (Å²) < 4.78 is 34.3. The van der Waals surface area contributed by atoms with Crippen molar-refractivity contribution in [3.05, 3.63) is 29.6 Å². The van der Waals surface area contributed by atoms with Crippen molar-refractivity contribution in [2.24, 2.45) is 5.92 Å². The minimum Gasteiger partial charge on any atom is -0.598 e. The summed E-state index contributed by atoms with van der Waals surface area (Å²) in [5.41, 5.74) is 0.575. The normalized spacial score (nSPS) is 23.2. The lowest BCUT2D eigenvalue weighted by Crippen LogP contribution is -2.41. The first-order valence-electron chi connectivity index (χ1n) is 7.95. The summed E-state index contributed by atoms with van der Waals surface area (Å²) in [6.45, 7) is 7.36. The number of hydrogen-bond donors (Lipinski definition) is 2. The number of carboxylic acids is 1. The van der Waals surface area contributed by atoms with E-state index < -0.39 is 27.9 Å². The molecule has 1 aromatic carbocycles. The van der Waals surface area contributed by atoms with E-state index in [-0.39, 0.29) is 18.1 Å². The molecule has 0 radical (unpaired) electrons. The van der Waals surface area contributed by atoms with E-state index in [9.17, 15) is 13.7 Å². The number of nitrogens with one attached hydrogen (secondary N) is 1. The zero-order chi connectivity index (χ0) is 18.1. The van der Waals surface area contributed by atoms with Gasteiger partial charge in [-0.15, -0.1) is 4.72 Å². The van der Waals surface area contributed by atoms with Crippen molar-refractivity contribution >= 4 is 17.3 Å². The molecule has 2 rings (SSSR count). The number of benzene rings is 1. The number of carboxylic acid groups (broad SMARTS) is 1. The van der Waals surface area contributed by atoms with Crippen LogP contribution in [0.3, 0.4) is 0 Å². The second-order valence-corrected chi connectivity index (χ2v) is 9.15. The third-order valence-electron chi connectivity index (χ3n) is 4.02. The van der Waals surface area contributed by atoms with Gasteiger partial charge in [0.25, 0.3) is 0 Å². The number of hydrogen-bond acceptors (Lipinski definition) is 4. The van der Waals surface area contributed by atoms with Crippen LogP contribution in [-0.4, -0.2) is 26.5 Å². The molecule has 0 amide bonds. The van der Waals surface area contributed by atoms with Crippen molar-refractivity contribution in [3.63, 3.8) is 0 Å². The lowest BCUT2D eigenvalue weighted by Gasteiger charge is -2.34. The van der Waals surface area contributed by atoms with Gasteiger partial charge in [0.05, 0.1) is 12.0 Å². The maximum Gasteiger partial charge on any atom is 0.306 e. The quantitative estimate of drug-likeness (QED) is 0.764. The molecule has 24 heavy (non-hydrogen) atoms. The van der Waals surface area contributed by atoms with Crippen LogP contribution in [0, 0.1) is 11.7 Å². The van der Waals surface area contributed by atoms with Crippen LogP contribution in [0.2, 0.25) is 0 Å². The highest BCUT2D eigenvalue weighted by molar-refractivity contribution is 7.90. The van der Waals surface area contributed by atoms with Crippen molar-refractivity contribution in [1.82, 2.24) is 4.72 Å². The third kappa shape index (κ3) is 4.62. The Morgan fingerprint density at radius 3 is 2.62 bits per heavy atom. The molecule has 1 fully saturated rings. The topological polar surface area (TPSA) is 81.6 Å². The maximum absolute atomic E-state index is 13.6. The van der Waals surface area contributed by atoms with Crippen LogP contribution in [0.5, 0.6) is 5.75 Å². The predicted octanol–water partition coefficient (Wildman–Crippen LogP) is 3.18. The molecule has 0 heterocycles. The fourth-order valence-electron chi connectivity index (χ4n) is 2.41. The molecule has 2 atom stereocenters. The van der Waals surface area contributed by atoms with Crippen LogP contribution in [0.1, 0.15) is 52.1 Å². The van der Waals surface area contributed by atoms with E-state index in [0.717, 1.165) is 0 Å². The number of rotatable bonds is 6. The van der Waals surface area contributed by atoms with Gasteiger partial charge in [-0.3, -0.25) is 4.79 Å². The van der Waals surface area contributed by atoms with Crippen molar-refractivity contribution in [1.29, 1.82) is 0 Å². The highest BCUT2D eigenvalue weighted by atomic mass is 32.2. The van der Waals surface area contributed by atoms with Gasteiger partial charge < -0.3 is 14.4 Å². The van der Waals surface area contributed by atoms with Gasteiger partial charge in [-0.25, -0.2) is 4.39 Å². The lowest BCUT2D eigenvalue weighted by molar-refractivity contribution is -0.147. The number of aliphatic carboxylic acids is 1. The zero-order valence-corrected chi connectivity index (χ0v) is 15.2. The molecule has 2 N–H and O–H groups in total. The fourth-order valence-corrected chi connectivity index (χ4v) is 3.21. The highest BCUT2D eigenvalue weighted by Gasteiger charge is 2.37. The van der Waals surface area contributed by atoms with Gasteiger partial charge in [0.2, 0.25) is 0 Å². The Labute approximate surface area is 144 Å². The summed E-state index contributed by atoms with van der Waals surface area (Å²) >= 11 is -1.30. The van der Waals surface area contributed by atoms with Crippen LogP contribution >= 0.6 is 0 Å². The van der Waals surface area contributed by atoms with Gasteiger partial charge in [0, 0.05) is 16.9 Å². The molecular formula is C17H24FNO4S. The largest absolute Gasteiger partial charge is 0.598 e. The smallest absolute Gasteiger partial charge is 0.306 e. The summed E-state index contributed by atoms with van der Waals surface area (Å²) in [5.74, 6) is -1.09. The predicted molar refractivity (Wildman–Crippen MR) is 90.6 cm³/mol. The Morgan fingerprint density at radius 2 is 2.08 bits per heavy atom. The first kappa shape index (κ1) is 19.0. The van der Waals surface area contributed by atoms with Crippen molar-refractivity contribution < 1.29 is 23.6 Å². The van der Waals surface area contributed by atoms with Crippen LogP contribution in [0.25, 0.3) is 0 Å². The molecule has 0 aliphatic heterocycles. The standard InChI is InChI=1S/C17H24FNO4S/c1-10(19-24(22)17(2,3)4)14-9-12(18)5-6-15(14)23-13-7-11(8-13)16(20)21/h5-6,9-11,13,19H,7-8H2,1-4H3,(H,20,21)/t10-,11?,13?,24?/m0/s1. The van der Waals surface area contributed by atoms with Gasteiger partial charge in [-0.1, -0.05) is 0 Å². The van der Waals surface area contributed by atoms with Gasteiger partial charge in [0.15, 0.2) is 0 Å². The summed E-state index contributed by atoms with van der Waals surface area (Å²) in [5, 5.41) is 8.92. The summed E-state index contributed by atoms with van der Waals surface area (Å²) in [4.78, 5) is 10.9. The minimum atomic E-state index is -1.30. The van der Waals surface area contributed by atoms with E-state index in [1.807, 2.05) is 20.8 Å². The van der Waals surface area contributed by atoms with E-state index in [1.54, 1.807) is 6.92 Å². The van der Waals surface area contributed by atoms with Crippen molar-refractivity contribution in [2.75, 3.05) is 0 Å². The Morgan fingerprint density at radius 1 is 1.46 bits per heavy atom. The van der Waals surface area contributed by atoms with Crippen LogP contribution < -0.4 is 9.46 Å².